The molecule has 0 amide bonds. The van der Waals surface area contributed by atoms with Crippen molar-refractivity contribution in [1.29, 1.82) is 0 Å². The van der Waals surface area contributed by atoms with Crippen molar-refractivity contribution >= 4 is 11.9 Å². The highest BCUT2D eigenvalue weighted by Crippen LogP contribution is 2.11. The summed E-state index contributed by atoms with van der Waals surface area (Å²) in [6.45, 7) is 4.05. The van der Waals surface area contributed by atoms with Crippen molar-refractivity contribution < 1.29 is 24.2 Å². The fraction of sp³-hybridized carbons (Fsp3) is 0.744. The van der Waals surface area contributed by atoms with Crippen LogP contribution in [-0.4, -0.2) is 36.4 Å². The van der Waals surface area contributed by atoms with Crippen LogP contribution < -0.4 is 0 Å². The number of esters is 2. The quantitative estimate of drug-likeness (QED) is 0.0462. The van der Waals surface area contributed by atoms with Crippen molar-refractivity contribution in [3.05, 3.63) is 48.6 Å². The fourth-order valence-corrected chi connectivity index (χ4v) is 4.79. The molecule has 0 aromatic heterocycles. The van der Waals surface area contributed by atoms with Gasteiger partial charge in [0.15, 0.2) is 6.10 Å². The Morgan fingerprint density at radius 3 is 1.43 bits per heavy atom. The van der Waals surface area contributed by atoms with Crippen LogP contribution in [0, 0.1) is 0 Å². The zero-order chi connectivity index (χ0) is 32.2. The maximum absolute atomic E-state index is 12.1. The largest absolute Gasteiger partial charge is 0.462 e. The molecule has 0 aromatic carbocycles. The van der Waals surface area contributed by atoms with E-state index in [2.05, 4.69) is 62.5 Å². The van der Waals surface area contributed by atoms with Gasteiger partial charge in [0, 0.05) is 12.8 Å². The zero-order valence-electron chi connectivity index (χ0n) is 28.7. The monoisotopic (exact) mass is 617 g/mol. The maximum Gasteiger partial charge on any atom is 0.306 e. The second kappa shape index (κ2) is 35.3. The lowest BCUT2D eigenvalue weighted by Crippen LogP contribution is -2.28. The van der Waals surface area contributed by atoms with Gasteiger partial charge >= 0.3 is 11.9 Å². The Hall–Kier alpha value is -2.14. The lowest BCUT2D eigenvalue weighted by Gasteiger charge is -2.15. The van der Waals surface area contributed by atoms with Crippen LogP contribution >= 0.6 is 0 Å². The van der Waals surface area contributed by atoms with Gasteiger partial charge in [-0.15, -0.1) is 0 Å². The summed E-state index contributed by atoms with van der Waals surface area (Å²) < 4.78 is 10.6. The average molecular weight is 617 g/mol. The summed E-state index contributed by atoms with van der Waals surface area (Å²) in [5.74, 6) is -0.630. The van der Waals surface area contributed by atoms with Crippen LogP contribution in [-0.2, 0) is 19.1 Å². The second-order valence-electron chi connectivity index (χ2n) is 11.9. The molecule has 0 heterocycles. The van der Waals surface area contributed by atoms with Crippen molar-refractivity contribution in [3.8, 4) is 0 Å². The summed E-state index contributed by atoms with van der Waals surface area (Å²) in [7, 11) is 0. The number of carbonyl (C=O) groups is 2. The number of rotatable bonds is 32. The molecule has 254 valence electrons. The van der Waals surface area contributed by atoms with Gasteiger partial charge in [-0.1, -0.05) is 127 Å². The molecule has 0 saturated heterocycles. The third-order valence-corrected chi connectivity index (χ3v) is 7.60. The van der Waals surface area contributed by atoms with E-state index < -0.39 is 6.10 Å². The molecule has 0 spiro atoms. The minimum absolute atomic E-state index is 0.0817. The van der Waals surface area contributed by atoms with Crippen LogP contribution in [0.4, 0.5) is 0 Å². The van der Waals surface area contributed by atoms with E-state index in [1.807, 2.05) is 0 Å². The molecule has 1 atom stereocenters. The van der Waals surface area contributed by atoms with Crippen molar-refractivity contribution in [2.45, 2.75) is 174 Å². The highest BCUT2D eigenvalue weighted by atomic mass is 16.6. The SMILES string of the molecule is CCCCC/C=C\C/C=C\C/C=C\CCCCCCC(=O)OC[C@H](CO)OC(=O)CCCCCCC/C=C\CCCCCC. The first-order chi connectivity index (χ1) is 21.6. The molecular weight excluding hydrogens is 548 g/mol. The predicted molar refractivity (Wildman–Crippen MR) is 187 cm³/mol. The number of hydrogen-bond acceptors (Lipinski definition) is 5. The van der Waals surface area contributed by atoms with Crippen LogP contribution in [0.2, 0.25) is 0 Å². The van der Waals surface area contributed by atoms with E-state index in [1.54, 1.807) is 0 Å². The summed E-state index contributed by atoms with van der Waals surface area (Å²) in [4.78, 5) is 24.2. The number of allylic oxidation sites excluding steroid dienone is 8. The molecule has 0 aliphatic rings. The molecule has 1 N–H and O–H groups in total. The Kier molecular flexibility index (Phi) is 33.6. The Morgan fingerprint density at radius 1 is 0.523 bits per heavy atom. The first kappa shape index (κ1) is 41.9. The molecule has 0 unspecified atom stereocenters. The normalized spacial score (nSPS) is 12.7. The number of aliphatic hydroxyl groups excluding tert-OH is 1. The third kappa shape index (κ3) is 32.8. The zero-order valence-corrected chi connectivity index (χ0v) is 28.7. The third-order valence-electron chi connectivity index (χ3n) is 7.60. The fourth-order valence-electron chi connectivity index (χ4n) is 4.79. The molecule has 0 bridgehead atoms. The van der Waals surface area contributed by atoms with Gasteiger partial charge < -0.3 is 14.6 Å². The Labute approximate surface area is 271 Å². The van der Waals surface area contributed by atoms with Crippen LogP contribution in [0.15, 0.2) is 48.6 Å². The van der Waals surface area contributed by atoms with Crippen molar-refractivity contribution in [3.63, 3.8) is 0 Å². The summed E-state index contributed by atoms with van der Waals surface area (Å²) >= 11 is 0. The van der Waals surface area contributed by atoms with Gasteiger partial charge in [0.2, 0.25) is 0 Å². The van der Waals surface area contributed by atoms with Crippen LogP contribution in [0.5, 0.6) is 0 Å². The molecule has 0 radical (unpaired) electrons. The van der Waals surface area contributed by atoms with E-state index in [9.17, 15) is 14.7 Å². The molecule has 0 rings (SSSR count). The molecule has 0 aliphatic carbocycles. The minimum atomic E-state index is -0.783. The molecule has 5 nitrogen and oxygen atoms in total. The first-order valence-electron chi connectivity index (χ1n) is 18.2. The van der Waals surface area contributed by atoms with E-state index in [0.717, 1.165) is 70.6 Å². The summed E-state index contributed by atoms with van der Waals surface area (Å²) in [6.07, 6.45) is 43.0. The minimum Gasteiger partial charge on any atom is -0.462 e. The van der Waals surface area contributed by atoms with Gasteiger partial charge in [0.25, 0.3) is 0 Å². The molecule has 5 heteroatoms. The van der Waals surface area contributed by atoms with Crippen LogP contribution in [0.1, 0.15) is 168 Å². The van der Waals surface area contributed by atoms with Gasteiger partial charge in [0.1, 0.15) is 6.61 Å². The van der Waals surface area contributed by atoms with Crippen LogP contribution in [0.3, 0.4) is 0 Å². The van der Waals surface area contributed by atoms with Crippen molar-refractivity contribution in [2.75, 3.05) is 13.2 Å². The maximum atomic E-state index is 12.1. The molecule has 0 aliphatic heterocycles. The van der Waals surface area contributed by atoms with Crippen molar-refractivity contribution in [1.82, 2.24) is 0 Å². The molecular formula is C39H68O5. The van der Waals surface area contributed by atoms with Gasteiger partial charge in [-0.05, 0) is 77.0 Å². The van der Waals surface area contributed by atoms with E-state index in [4.69, 9.17) is 9.47 Å². The molecule has 0 saturated carbocycles. The van der Waals surface area contributed by atoms with Gasteiger partial charge in [-0.2, -0.15) is 0 Å². The standard InChI is InChI=1S/C39H68O5/c1-3-5-7-9-11-13-15-17-18-19-20-22-23-25-27-29-31-33-38(41)43-36-37(35-40)44-39(42)34-32-30-28-26-24-21-16-14-12-10-8-6-4-2/h11,13-14,16-18,20,22,37,40H,3-10,12,15,19,21,23-36H2,1-2H3/b13-11-,16-14-,18-17-,22-20-/t37-/m0/s1. The number of ether oxygens (including phenoxy) is 2. The molecule has 0 fully saturated rings. The number of carbonyl (C=O) groups excluding carboxylic acids is 2. The van der Waals surface area contributed by atoms with Gasteiger partial charge in [-0.25, -0.2) is 0 Å². The van der Waals surface area contributed by atoms with Gasteiger partial charge in [-0.3, -0.25) is 9.59 Å². The van der Waals surface area contributed by atoms with Crippen molar-refractivity contribution in [2.24, 2.45) is 0 Å². The van der Waals surface area contributed by atoms with Gasteiger partial charge in [0.05, 0.1) is 6.61 Å². The Bertz CT molecular complexity index is 752. The second-order valence-corrected chi connectivity index (χ2v) is 11.9. The summed E-state index contributed by atoms with van der Waals surface area (Å²) in [5.41, 5.74) is 0. The lowest BCUT2D eigenvalue weighted by atomic mass is 10.1. The predicted octanol–water partition coefficient (Wildman–Crippen LogP) is 11.1. The van der Waals surface area contributed by atoms with E-state index >= 15 is 0 Å². The Balaban J connectivity index is 3.65. The van der Waals surface area contributed by atoms with E-state index in [1.165, 1.54) is 70.6 Å². The smallest absolute Gasteiger partial charge is 0.306 e. The lowest BCUT2D eigenvalue weighted by molar-refractivity contribution is -0.161. The van der Waals surface area contributed by atoms with E-state index in [0.29, 0.717) is 12.8 Å². The highest BCUT2D eigenvalue weighted by molar-refractivity contribution is 5.70. The number of unbranched alkanes of at least 4 members (excludes halogenated alkanes) is 16. The van der Waals surface area contributed by atoms with E-state index in [-0.39, 0.29) is 25.2 Å². The molecule has 0 aromatic rings. The Morgan fingerprint density at radius 2 is 0.909 bits per heavy atom. The first-order valence-corrected chi connectivity index (χ1v) is 18.2. The average Bonchev–Trinajstić information content (AvgIpc) is 3.02. The van der Waals surface area contributed by atoms with Crippen LogP contribution in [0.25, 0.3) is 0 Å². The molecule has 44 heavy (non-hydrogen) atoms. The summed E-state index contributed by atoms with van der Waals surface area (Å²) in [6, 6.07) is 0. The highest BCUT2D eigenvalue weighted by Gasteiger charge is 2.16. The number of hydrogen-bond donors (Lipinski definition) is 1. The topological polar surface area (TPSA) is 72.8 Å². The summed E-state index contributed by atoms with van der Waals surface area (Å²) in [5, 5.41) is 9.52. The number of aliphatic hydroxyl groups is 1.